The fourth-order valence-electron chi connectivity index (χ4n) is 3.13. The Kier molecular flexibility index (Phi) is 7.17. The molecule has 0 atom stereocenters. The van der Waals surface area contributed by atoms with Crippen molar-refractivity contribution in [3.8, 4) is 0 Å². The van der Waals surface area contributed by atoms with E-state index in [4.69, 9.17) is 4.74 Å². The molecule has 0 saturated carbocycles. The Bertz CT molecular complexity index is 861. The monoisotopic (exact) mass is 439 g/mol. The topological polar surface area (TPSA) is 72.3 Å². The second-order valence-corrected chi connectivity index (χ2v) is 8.23. The summed E-state index contributed by atoms with van der Waals surface area (Å²) >= 11 is 1.55. The minimum atomic E-state index is -2.61. The summed E-state index contributed by atoms with van der Waals surface area (Å²) < 4.78 is 34.0. The number of esters is 1. The molecule has 0 aromatic carbocycles. The zero-order valence-electron chi connectivity index (χ0n) is 17.5. The van der Waals surface area contributed by atoms with Crippen LogP contribution in [-0.2, 0) is 22.3 Å². The number of carbonyl (C=O) groups excluding carboxylic acids is 1. The van der Waals surface area contributed by atoms with Crippen LogP contribution in [0, 0.1) is 6.92 Å². The van der Waals surface area contributed by atoms with E-state index in [0.717, 1.165) is 22.2 Å². The molecule has 7 nitrogen and oxygen atoms in total. The van der Waals surface area contributed by atoms with E-state index < -0.39 is 5.92 Å². The molecule has 0 aliphatic carbocycles. The van der Waals surface area contributed by atoms with Crippen LogP contribution >= 0.6 is 11.8 Å². The first-order chi connectivity index (χ1) is 14.3. The normalized spacial score (nSPS) is 15.8. The third-order valence-corrected chi connectivity index (χ3v) is 5.83. The maximum absolute atomic E-state index is 13.6. The summed E-state index contributed by atoms with van der Waals surface area (Å²) in [5.74, 6) is -0.968. The number of hydrogen-bond acceptors (Lipinski definition) is 7. The first-order valence-corrected chi connectivity index (χ1v) is 10.9. The molecule has 30 heavy (non-hydrogen) atoms. The summed E-state index contributed by atoms with van der Waals surface area (Å²) in [5, 5.41) is 3.88. The van der Waals surface area contributed by atoms with Gasteiger partial charge in [0.1, 0.15) is 23.2 Å². The van der Waals surface area contributed by atoms with Crippen LogP contribution in [0.3, 0.4) is 0 Å². The second-order valence-electron chi connectivity index (χ2n) is 7.23. The number of imidazole rings is 1. The molecular weight excluding hydrogens is 412 g/mol. The standard InChI is InChI=1S/C20H27F2N5O2S/c1-4-29-19(28)11-23-17-10-16(27-7-5-20(21,22)6-8-27)9-15(25-17)13-30-18-12-26(3)14(2)24-18/h9-10,12H,4-8,11,13H2,1-3H3,(H,23,25). The highest BCUT2D eigenvalue weighted by molar-refractivity contribution is 7.98. The number of pyridine rings is 1. The molecule has 164 valence electrons. The molecule has 0 radical (unpaired) electrons. The van der Waals surface area contributed by atoms with E-state index in [1.807, 2.05) is 35.7 Å². The molecule has 1 aliphatic heterocycles. The zero-order valence-corrected chi connectivity index (χ0v) is 18.3. The minimum Gasteiger partial charge on any atom is -0.465 e. The Morgan fingerprint density at radius 1 is 1.30 bits per heavy atom. The highest BCUT2D eigenvalue weighted by atomic mass is 32.2. The van der Waals surface area contributed by atoms with Crippen LogP contribution in [0.4, 0.5) is 20.3 Å². The first-order valence-electron chi connectivity index (χ1n) is 9.92. The largest absolute Gasteiger partial charge is 0.465 e. The van der Waals surface area contributed by atoms with Crippen molar-refractivity contribution in [1.29, 1.82) is 0 Å². The van der Waals surface area contributed by atoms with Crippen molar-refractivity contribution in [3.05, 3.63) is 29.8 Å². The van der Waals surface area contributed by atoms with Crippen LogP contribution in [-0.4, -0.2) is 52.7 Å². The number of anilines is 2. The lowest BCUT2D eigenvalue weighted by atomic mass is 10.1. The summed E-state index contributed by atoms with van der Waals surface area (Å²) in [7, 11) is 1.94. The lowest BCUT2D eigenvalue weighted by Crippen LogP contribution is -2.39. The van der Waals surface area contributed by atoms with Crippen molar-refractivity contribution >= 4 is 29.2 Å². The van der Waals surface area contributed by atoms with Gasteiger partial charge in [-0.1, -0.05) is 11.8 Å². The Hall–Kier alpha value is -2.36. The number of alkyl halides is 2. The van der Waals surface area contributed by atoms with Gasteiger partial charge in [-0.2, -0.15) is 0 Å². The van der Waals surface area contributed by atoms with Crippen molar-refractivity contribution in [2.75, 3.05) is 36.5 Å². The van der Waals surface area contributed by atoms with E-state index in [2.05, 4.69) is 15.3 Å². The maximum atomic E-state index is 13.6. The van der Waals surface area contributed by atoms with E-state index >= 15 is 0 Å². The van der Waals surface area contributed by atoms with Gasteiger partial charge in [0.05, 0.1) is 12.3 Å². The van der Waals surface area contributed by atoms with E-state index in [1.165, 1.54) is 0 Å². The van der Waals surface area contributed by atoms with Crippen molar-refractivity contribution in [3.63, 3.8) is 0 Å². The zero-order chi connectivity index (χ0) is 21.7. The number of piperidine rings is 1. The number of thioether (sulfide) groups is 1. The summed E-state index contributed by atoms with van der Waals surface area (Å²) in [5.41, 5.74) is 1.60. The Balaban J connectivity index is 1.75. The van der Waals surface area contributed by atoms with Crippen LogP contribution in [0.2, 0.25) is 0 Å². The smallest absolute Gasteiger partial charge is 0.325 e. The van der Waals surface area contributed by atoms with Crippen LogP contribution in [0.15, 0.2) is 23.4 Å². The van der Waals surface area contributed by atoms with Gasteiger partial charge in [0.2, 0.25) is 0 Å². The first kappa shape index (κ1) is 22.3. The number of ether oxygens (including phenoxy) is 1. The van der Waals surface area contributed by atoms with Crippen molar-refractivity contribution in [2.24, 2.45) is 7.05 Å². The number of halogens is 2. The number of rotatable bonds is 8. The summed E-state index contributed by atoms with van der Waals surface area (Å²) in [6, 6.07) is 3.71. The predicted molar refractivity (Wildman–Crippen MR) is 113 cm³/mol. The van der Waals surface area contributed by atoms with Gasteiger partial charge < -0.3 is 19.5 Å². The molecule has 0 unspecified atom stereocenters. The molecule has 1 saturated heterocycles. The lowest BCUT2D eigenvalue weighted by molar-refractivity contribution is -0.140. The maximum Gasteiger partial charge on any atom is 0.325 e. The quantitative estimate of drug-likeness (QED) is 0.497. The van der Waals surface area contributed by atoms with Gasteiger partial charge in [-0.3, -0.25) is 4.79 Å². The SMILES string of the molecule is CCOC(=O)CNc1cc(N2CCC(F)(F)CC2)cc(CSc2cn(C)c(C)n2)n1. The highest BCUT2D eigenvalue weighted by Gasteiger charge is 2.34. The molecule has 2 aromatic heterocycles. The van der Waals surface area contributed by atoms with E-state index in [9.17, 15) is 13.6 Å². The third kappa shape index (κ3) is 6.07. The number of hydrogen-bond donors (Lipinski definition) is 1. The number of aryl methyl sites for hydroxylation is 2. The average molecular weight is 440 g/mol. The van der Waals surface area contributed by atoms with Gasteiger partial charge in [-0.15, -0.1) is 0 Å². The summed E-state index contributed by atoms with van der Waals surface area (Å²) in [6.07, 6.45) is 1.62. The highest BCUT2D eigenvalue weighted by Crippen LogP contribution is 2.32. The second kappa shape index (κ2) is 9.63. The molecule has 1 fully saturated rings. The summed E-state index contributed by atoms with van der Waals surface area (Å²) in [4.78, 5) is 22.7. The number of carbonyl (C=O) groups is 1. The molecule has 1 N–H and O–H groups in total. The molecule has 3 rings (SSSR count). The molecule has 0 bridgehead atoms. The molecule has 1 aliphatic rings. The minimum absolute atomic E-state index is 0.00557. The Morgan fingerprint density at radius 2 is 2.03 bits per heavy atom. The Labute approximate surface area is 179 Å². The van der Waals surface area contributed by atoms with Gasteiger partial charge in [-0.05, 0) is 19.9 Å². The van der Waals surface area contributed by atoms with Gasteiger partial charge in [0.15, 0.2) is 0 Å². The summed E-state index contributed by atoms with van der Waals surface area (Å²) in [6.45, 7) is 4.54. The van der Waals surface area contributed by atoms with E-state index in [0.29, 0.717) is 18.2 Å². The molecule has 0 amide bonds. The fraction of sp³-hybridized carbons (Fsp3) is 0.550. The van der Waals surface area contributed by atoms with Gasteiger partial charge >= 0.3 is 5.97 Å². The third-order valence-electron chi connectivity index (χ3n) is 4.90. The van der Waals surface area contributed by atoms with E-state index in [1.54, 1.807) is 24.8 Å². The van der Waals surface area contributed by atoms with Crippen molar-refractivity contribution < 1.29 is 18.3 Å². The van der Waals surface area contributed by atoms with Crippen LogP contribution in [0.5, 0.6) is 0 Å². The Morgan fingerprint density at radius 3 is 2.67 bits per heavy atom. The van der Waals surface area contributed by atoms with E-state index in [-0.39, 0.29) is 38.4 Å². The molecule has 0 spiro atoms. The number of aromatic nitrogens is 3. The van der Waals surface area contributed by atoms with Crippen LogP contribution in [0.1, 0.15) is 31.3 Å². The molecule has 2 aromatic rings. The van der Waals surface area contributed by atoms with Crippen molar-refractivity contribution in [2.45, 2.75) is 43.4 Å². The van der Waals surface area contributed by atoms with Crippen LogP contribution < -0.4 is 10.2 Å². The van der Waals surface area contributed by atoms with Gasteiger partial charge in [0, 0.05) is 56.7 Å². The number of nitrogens with zero attached hydrogens (tertiary/aromatic N) is 4. The molecular formula is C20H27F2N5O2S. The number of nitrogens with one attached hydrogen (secondary N) is 1. The van der Waals surface area contributed by atoms with Gasteiger partial charge in [0.25, 0.3) is 5.92 Å². The van der Waals surface area contributed by atoms with Crippen LogP contribution in [0.25, 0.3) is 0 Å². The van der Waals surface area contributed by atoms with Crippen molar-refractivity contribution in [1.82, 2.24) is 14.5 Å². The fourth-order valence-corrected chi connectivity index (χ4v) is 4.00. The molecule has 3 heterocycles. The average Bonchev–Trinajstić information content (AvgIpc) is 3.02. The molecule has 10 heteroatoms. The van der Waals surface area contributed by atoms with Gasteiger partial charge in [-0.25, -0.2) is 18.7 Å². The predicted octanol–water partition coefficient (Wildman–Crippen LogP) is 3.63. The lowest BCUT2D eigenvalue weighted by Gasteiger charge is -2.33.